The standard InChI is InChI=1S/C15H31NO/c1-6-16(7-2)11-12-10-13(15(3,4)5)8-9-14(12)17/h12-14,17H,6-11H2,1-5H3. The fourth-order valence-corrected chi connectivity index (χ4v) is 3.04. The first kappa shape index (κ1) is 15.0. The molecule has 3 unspecified atom stereocenters. The molecule has 0 bridgehead atoms. The number of nitrogens with zero attached hydrogens (tertiary/aromatic N) is 1. The molecule has 0 saturated heterocycles. The molecular formula is C15H31NO. The molecule has 0 heterocycles. The van der Waals surface area contributed by atoms with Gasteiger partial charge in [-0.15, -0.1) is 0 Å². The molecule has 1 saturated carbocycles. The zero-order valence-electron chi connectivity index (χ0n) is 12.4. The minimum atomic E-state index is -0.0748. The van der Waals surface area contributed by atoms with Crippen molar-refractivity contribution < 1.29 is 5.11 Å². The highest BCUT2D eigenvalue weighted by molar-refractivity contribution is 4.86. The van der Waals surface area contributed by atoms with Crippen LogP contribution in [-0.4, -0.2) is 35.7 Å². The SMILES string of the molecule is CCN(CC)CC1CC(C(C)(C)C)CCC1O. The molecule has 0 aliphatic heterocycles. The number of aliphatic hydroxyl groups is 1. The second kappa shape index (κ2) is 6.19. The van der Waals surface area contributed by atoms with Gasteiger partial charge in [0.05, 0.1) is 6.10 Å². The second-order valence-corrected chi connectivity index (χ2v) is 6.69. The maximum atomic E-state index is 10.2. The summed E-state index contributed by atoms with van der Waals surface area (Å²) in [5.74, 6) is 1.25. The lowest BCUT2D eigenvalue weighted by Gasteiger charge is -2.41. The van der Waals surface area contributed by atoms with E-state index in [2.05, 4.69) is 39.5 Å². The summed E-state index contributed by atoms with van der Waals surface area (Å²) in [5, 5.41) is 10.2. The Hall–Kier alpha value is -0.0800. The van der Waals surface area contributed by atoms with Crippen molar-refractivity contribution in [1.82, 2.24) is 4.90 Å². The van der Waals surface area contributed by atoms with Gasteiger partial charge in [0.15, 0.2) is 0 Å². The van der Waals surface area contributed by atoms with Crippen LogP contribution in [0, 0.1) is 17.3 Å². The Labute approximate surface area is 107 Å². The van der Waals surface area contributed by atoms with Gasteiger partial charge in [-0.2, -0.15) is 0 Å². The molecule has 0 radical (unpaired) electrons. The maximum absolute atomic E-state index is 10.2. The van der Waals surface area contributed by atoms with Crippen LogP contribution in [0.15, 0.2) is 0 Å². The Morgan fingerprint density at radius 3 is 2.18 bits per heavy atom. The number of hydrogen-bond acceptors (Lipinski definition) is 2. The van der Waals surface area contributed by atoms with Crippen molar-refractivity contribution in [3.8, 4) is 0 Å². The average Bonchev–Trinajstić information content (AvgIpc) is 2.26. The summed E-state index contributed by atoms with van der Waals surface area (Å²) in [4.78, 5) is 2.44. The van der Waals surface area contributed by atoms with Gasteiger partial charge in [-0.1, -0.05) is 34.6 Å². The molecule has 1 fully saturated rings. The molecule has 3 atom stereocenters. The summed E-state index contributed by atoms with van der Waals surface area (Å²) in [6.07, 6.45) is 3.31. The van der Waals surface area contributed by atoms with Crippen LogP contribution in [0.2, 0.25) is 0 Å². The summed E-state index contributed by atoms with van der Waals surface area (Å²) in [7, 11) is 0. The van der Waals surface area contributed by atoms with Gasteiger partial charge in [0, 0.05) is 6.54 Å². The van der Waals surface area contributed by atoms with Crippen LogP contribution in [0.25, 0.3) is 0 Å². The highest BCUT2D eigenvalue weighted by atomic mass is 16.3. The lowest BCUT2D eigenvalue weighted by molar-refractivity contribution is 0.00458. The molecule has 1 aliphatic carbocycles. The fourth-order valence-electron chi connectivity index (χ4n) is 3.04. The van der Waals surface area contributed by atoms with Crippen molar-refractivity contribution in [2.24, 2.45) is 17.3 Å². The van der Waals surface area contributed by atoms with E-state index in [1.54, 1.807) is 0 Å². The third-order valence-corrected chi connectivity index (χ3v) is 4.55. The van der Waals surface area contributed by atoms with Crippen LogP contribution in [0.5, 0.6) is 0 Å². The van der Waals surface area contributed by atoms with Crippen molar-refractivity contribution in [1.29, 1.82) is 0 Å². The molecular weight excluding hydrogens is 210 g/mol. The van der Waals surface area contributed by atoms with Crippen molar-refractivity contribution in [2.45, 2.75) is 60.0 Å². The van der Waals surface area contributed by atoms with Gasteiger partial charge in [-0.25, -0.2) is 0 Å². The monoisotopic (exact) mass is 241 g/mol. The van der Waals surface area contributed by atoms with Crippen LogP contribution in [-0.2, 0) is 0 Å². The molecule has 1 rings (SSSR count). The first-order valence-electron chi connectivity index (χ1n) is 7.28. The molecule has 102 valence electrons. The molecule has 0 amide bonds. The van der Waals surface area contributed by atoms with E-state index in [0.29, 0.717) is 11.3 Å². The summed E-state index contributed by atoms with van der Waals surface area (Å²) in [6.45, 7) is 14.7. The highest BCUT2D eigenvalue weighted by Gasteiger charge is 2.35. The van der Waals surface area contributed by atoms with E-state index in [4.69, 9.17) is 0 Å². The smallest absolute Gasteiger partial charge is 0.0580 e. The van der Waals surface area contributed by atoms with E-state index in [1.165, 1.54) is 12.8 Å². The quantitative estimate of drug-likeness (QED) is 0.817. The lowest BCUT2D eigenvalue weighted by atomic mass is 9.68. The summed E-state index contributed by atoms with van der Waals surface area (Å²) < 4.78 is 0. The Balaban J connectivity index is 2.57. The Kier molecular flexibility index (Phi) is 5.46. The number of rotatable bonds is 4. The van der Waals surface area contributed by atoms with Crippen molar-refractivity contribution in [3.63, 3.8) is 0 Å². The molecule has 0 aromatic carbocycles. The normalized spacial score (nSPS) is 30.9. The molecule has 0 aromatic heterocycles. The van der Waals surface area contributed by atoms with E-state index in [9.17, 15) is 5.11 Å². The maximum Gasteiger partial charge on any atom is 0.0580 e. The van der Waals surface area contributed by atoms with Gasteiger partial charge in [0.25, 0.3) is 0 Å². The van der Waals surface area contributed by atoms with Gasteiger partial charge in [-0.3, -0.25) is 0 Å². The van der Waals surface area contributed by atoms with Gasteiger partial charge < -0.3 is 10.0 Å². The van der Waals surface area contributed by atoms with Crippen LogP contribution in [0.4, 0.5) is 0 Å². The lowest BCUT2D eigenvalue weighted by Crippen LogP contribution is -2.41. The summed E-state index contributed by atoms with van der Waals surface area (Å²) in [5.41, 5.74) is 0.391. The third-order valence-electron chi connectivity index (χ3n) is 4.55. The second-order valence-electron chi connectivity index (χ2n) is 6.69. The predicted octanol–water partition coefficient (Wildman–Crippen LogP) is 3.15. The van der Waals surface area contributed by atoms with Gasteiger partial charge in [-0.05, 0) is 49.6 Å². The highest BCUT2D eigenvalue weighted by Crippen LogP contribution is 2.40. The molecule has 0 spiro atoms. The van der Waals surface area contributed by atoms with Gasteiger partial charge in [0.2, 0.25) is 0 Å². The number of hydrogen-bond donors (Lipinski definition) is 1. The molecule has 17 heavy (non-hydrogen) atoms. The van der Waals surface area contributed by atoms with E-state index >= 15 is 0 Å². The van der Waals surface area contributed by atoms with E-state index in [1.807, 2.05) is 0 Å². The molecule has 1 aliphatic rings. The average molecular weight is 241 g/mol. The van der Waals surface area contributed by atoms with Crippen molar-refractivity contribution >= 4 is 0 Å². The van der Waals surface area contributed by atoms with Crippen molar-refractivity contribution in [3.05, 3.63) is 0 Å². The van der Waals surface area contributed by atoms with E-state index < -0.39 is 0 Å². The minimum Gasteiger partial charge on any atom is -0.393 e. The van der Waals surface area contributed by atoms with E-state index in [-0.39, 0.29) is 6.10 Å². The predicted molar refractivity (Wildman–Crippen MR) is 74.1 cm³/mol. The van der Waals surface area contributed by atoms with Gasteiger partial charge >= 0.3 is 0 Å². The molecule has 2 nitrogen and oxygen atoms in total. The van der Waals surface area contributed by atoms with E-state index in [0.717, 1.165) is 32.0 Å². The molecule has 1 N–H and O–H groups in total. The van der Waals surface area contributed by atoms with Crippen molar-refractivity contribution in [2.75, 3.05) is 19.6 Å². The Bertz CT molecular complexity index is 217. The topological polar surface area (TPSA) is 23.5 Å². The number of aliphatic hydroxyl groups excluding tert-OH is 1. The van der Waals surface area contributed by atoms with Crippen LogP contribution < -0.4 is 0 Å². The van der Waals surface area contributed by atoms with Gasteiger partial charge in [0.1, 0.15) is 0 Å². The fraction of sp³-hybridized carbons (Fsp3) is 1.00. The summed E-state index contributed by atoms with van der Waals surface area (Å²) >= 11 is 0. The largest absolute Gasteiger partial charge is 0.393 e. The first-order chi connectivity index (χ1) is 7.88. The summed E-state index contributed by atoms with van der Waals surface area (Å²) in [6, 6.07) is 0. The Morgan fingerprint density at radius 1 is 1.12 bits per heavy atom. The first-order valence-corrected chi connectivity index (χ1v) is 7.28. The van der Waals surface area contributed by atoms with Crippen LogP contribution >= 0.6 is 0 Å². The minimum absolute atomic E-state index is 0.0748. The third kappa shape index (κ3) is 4.26. The molecule has 2 heteroatoms. The zero-order valence-corrected chi connectivity index (χ0v) is 12.4. The zero-order chi connectivity index (χ0) is 13.1. The molecule has 0 aromatic rings. The van der Waals surface area contributed by atoms with Crippen LogP contribution in [0.3, 0.4) is 0 Å². The Morgan fingerprint density at radius 2 is 1.71 bits per heavy atom. The van der Waals surface area contributed by atoms with Crippen LogP contribution in [0.1, 0.15) is 53.9 Å².